The Kier molecular flexibility index (Phi) is 8.97. The van der Waals surface area contributed by atoms with Crippen molar-refractivity contribution in [3.63, 3.8) is 0 Å². The van der Waals surface area contributed by atoms with E-state index in [4.69, 9.17) is 16.3 Å². The van der Waals surface area contributed by atoms with E-state index in [1.807, 2.05) is 26.0 Å². The van der Waals surface area contributed by atoms with Crippen molar-refractivity contribution >= 4 is 46.1 Å². The van der Waals surface area contributed by atoms with Crippen molar-refractivity contribution in [2.24, 2.45) is 11.8 Å². The van der Waals surface area contributed by atoms with E-state index in [2.05, 4.69) is 21.0 Å². The third-order valence-electron chi connectivity index (χ3n) is 5.88. The van der Waals surface area contributed by atoms with Gasteiger partial charge in [-0.3, -0.25) is 29.6 Å². The Labute approximate surface area is 209 Å². The molecule has 2 heterocycles. The number of carbonyl (C=O) groups excluding carboxylic acids is 4. The second-order valence-electron chi connectivity index (χ2n) is 9.00. The number of ether oxygens (including phenoxy) is 1. The third kappa shape index (κ3) is 6.66. The first-order valence-electron chi connectivity index (χ1n) is 11.6. The van der Waals surface area contributed by atoms with Gasteiger partial charge in [-0.05, 0) is 43.4 Å². The average Bonchev–Trinajstić information content (AvgIpc) is 3.28. The fraction of sp³-hybridized carbons (Fsp3) is 0.500. The lowest BCUT2D eigenvalue weighted by molar-refractivity contribution is -0.143. The van der Waals surface area contributed by atoms with E-state index in [0.717, 1.165) is 22.3 Å². The average molecular weight is 506 g/mol. The number of amides is 4. The number of H-pyrrole nitrogens is 1. The molecule has 0 spiro atoms. The summed E-state index contributed by atoms with van der Waals surface area (Å²) in [5.74, 6) is -1.83. The number of fused-ring (bicyclic) bond motifs is 1. The molecule has 2 aromatic rings. The number of carbonyl (C=O) groups is 4. The largest absolute Gasteiger partial charge is 0.496 e. The molecular formula is C24H32ClN5O5. The Morgan fingerprint density at radius 2 is 2.06 bits per heavy atom. The van der Waals surface area contributed by atoms with Crippen LogP contribution in [0, 0.1) is 11.8 Å². The van der Waals surface area contributed by atoms with Crippen LogP contribution in [0.1, 0.15) is 43.6 Å². The lowest BCUT2D eigenvalue weighted by Gasteiger charge is -2.30. The molecular weight excluding hydrogens is 474 g/mol. The van der Waals surface area contributed by atoms with Crippen LogP contribution in [0.25, 0.3) is 10.9 Å². The highest BCUT2D eigenvalue weighted by Crippen LogP contribution is 2.26. The number of halogens is 1. The molecule has 0 radical (unpaired) electrons. The number of nitrogens with one attached hydrogen (secondary N) is 4. The summed E-state index contributed by atoms with van der Waals surface area (Å²) in [6.07, 6.45) is 1.73. The number of aromatic amines is 1. The summed E-state index contributed by atoms with van der Waals surface area (Å²) in [4.78, 5) is 53.8. The van der Waals surface area contributed by atoms with Crippen LogP contribution in [0.2, 0.25) is 0 Å². The number of benzene rings is 1. The van der Waals surface area contributed by atoms with Gasteiger partial charge in [0.05, 0.1) is 19.6 Å². The van der Waals surface area contributed by atoms with Gasteiger partial charge in [-0.15, -0.1) is 11.6 Å². The minimum Gasteiger partial charge on any atom is -0.496 e. The van der Waals surface area contributed by atoms with Gasteiger partial charge < -0.3 is 20.4 Å². The van der Waals surface area contributed by atoms with Crippen LogP contribution in [0.3, 0.4) is 0 Å². The first-order valence-corrected chi connectivity index (χ1v) is 12.2. The Morgan fingerprint density at radius 1 is 1.29 bits per heavy atom. The van der Waals surface area contributed by atoms with Gasteiger partial charge in [0.25, 0.3) is 17.7 Å². The zero-order valence-corrected chi connectivity index (χ0v) is 20.9. The lowest BCUT2D eigenvalue weighted by atomic mass is 9.98. The molecule has 1 saturated heterocycles. The topological polar surface area (TPSA) is 133 Å². The molecule has 1 aliphatic rings. The maximum atomic E-state index is 13.2. The van der Waals surface area contributed by atoms with Crippen molar-refractivity contribution in [3.8, 4) is 5.75 Å². The SMILES string of the molecule is COc1cccc2[nH]c(C(=O)N[C@@H](CC(C)C)C(=O)NN(C[C@@H]3CCCNC3=O)C(=O)CCl)cc12. The Morgan fingerprint density at radius 3 is 2.71 bits per heavy atom. The molecule has 1 fully saturated rings. The fourth-order valence-corrected chi connectivity index (χ4v) is 4.23. The van der Waals surface area contributed by atoms with Crippen molar-refractivity contribution in [1.82, 2.24) is 26.1 Å². The van der Waals surface area contributed by atoms with E-state index in [-0.39, 0.29) is 29.9 Å². The molecule has 1 aromatic carbocycles. The Bertz CT molecular complexity index is 1090. The molecule has 1 aliphatic heterocycles. The number of aromatic nitrogens is 1. The number of methoxy groups -OCH3 is 1. The highest BCUT2D eigenvalue weighted by atomic mass is 35.5. The van der Waals surface area contributed by atoms with Gasteiger partial charge in [-0.2, -0.15) is 0 Å². The van der Waals surface area contributed by atoms with Crippen molar-refractivity contribution in [1.29, 1.82) is 0 Å². The Hall–Kier alpha value is -3.27. The first-order chi connectivity index (χ1) is 16.7. The summed E-state index contributed by atoms with van der Waals surface area (Å²) in [5.41, 5.74) is 3.58. The highest BCUT2D eigenvalue weighted by molar-refractivity contribution is 6.27. The van der Waals surface area contributed by atoms with Gasteiger partial charge in [0.2, 0.25) is 5.91 Å². The van der Waals surface area contributed by atoms with Crippen molar-refractivity contribution in [2.75, 3.05) is 26.1 Å². The number of piperidine rings is 1. The second kappa shape index (κ2) is 11.9. The third-order valence-corrected chi connectivity index (χ3v) is 6.11. The van der Waals surface area contributed by atoms with Gasteiger partial charge in [-0.1, -0.05) is 19.9 Å². The van der Waals surface area contributed by atoms with Crippen LogP contribution in [0.5, 0.6) is 5.75 Å². The van der Waals surface area contributed by atoms with Crippen molar-refractivity contribution in [2.45, 2.75) is 39.2 Å². The molecule has 0 aliphatic carbocycles. The van der Waals surface area contributed by atoms with Crippen LogP contribution in [0.15, 0.2) is 24.3 Å². The molecule has 10 nitrogen and oxygen atoms in total. The molecule has 35 heavy (non-hydrogen) atoms. The normalized spacial score (nSPS) is 16.5. The van der Waals surface area contributed by atoms with Crippen LogP contribution >= 0.6 is 11.6 Å². The zero-order chi connectivity index (χ0) is 25.5. The second-order valence-corrected chi connectivity index (χ2v) is 9.27. The summed E-state index contributed by atoms with van der Waals surface area (Å²) < 4.78 is 5.35. The van der Waals surface area contributed by atoms with E-state index in [1.165, 1.54) is 0 Å². The van der Waals surface area contributed by atoms with Crippen LogP contribution in [-0.2, 0) is 14.4 Å². The molecule has 4 amide bonds. The standard InChI is InChI=1S/C24H32ClN5O5/c1-14(2)10-18(28-23(33)19-11-16-17(27-19)7-4-8-20(16)35-3)24(34)29-30(21(31)12-25)13-15-6-5-9-26-22(15)32/h4,7-8,11,14-15,18,27H,5-6,9-10,12-13H2,1-3H3,(H,26,32)(H,28,33)(H,29,34)/t15-,18-/m0/s1. The summed E-state index contributed by atoms with van der Waals surface area (Å²) >= 11 is 5.75. The van der Waals surface area contributed by atoms with Gasteiger partial charge in [0.15, 0.2) is 0 Å². The summed E-state index contributed by atoms with van der Waals surface area (Å²) in [7, 11) is 1.55. The molecule has 190 valence electrons. The quantitative estimate of drug-likeness (QED) is 0.305. The van der Waals surface area contributed by atoms with Crippen LogP contribution in [-0.4, -0.2) is 65.7 Å². The van der Waals surface area contributed by atoms with E-state index >= 15 is 0 Å². The van der Waals surface area contributed by atoms with E-state index < -0.39 is 29.7 Å². The molecule has 0 unspecified atom stereocenters. The molecule has 11 heteroatoms. The summed E-state index contributed by atoms with van der Waals surface area (Å²) in [5, 5.41) is 7.36. The number of alkyl halides is 1. The summed E-state index contributed by atoms with van der Waals surface area (Å²) in [6, 6.07) is 6.18. The molecule has 2 atom stereocenters. The predicted octanol–water partition coefficient (Wildman–Crippen LogP) is 1.95. The van der Waals surface area contributed by atoms with Gasteiger partial charge in [0.1, 0.15) is 23.4 Å². The molecule has 4 N–H and O–H groups in total. The zero-order valence-electron chi connectivity index (χ0n) is 20.2. The monoisotopic (exact) mass is 505 g/mol. The molecule has 3 rings (SSSR count). The highest BCUT2D eigenvalue weighted by Gasteiger charge is 2.30. The number of hydrogen-bond acceptors (Lipinski definition) is 5. The maximum Gasteiger partial charge on any atom is 0.268 e. The van der Waals surface area contributed by atoms with Gasteiger partial charge in [-0.25, -0.2) is 0 Å². The predicted molar refractivity (Wildman–Crippen MR) is 132 cm³/mol. The summed E-state index contributed by atoms with van der Waals surface area (Å²) in [6.45, 7) is 4.45. The minimum absolute atomic E-state index is 0.00723. The van der Waals surface area contributed by atoms with E-state index in [1.54, 1.807) is 19.2 Å². The van der Waals surface area contributed by atoms with E-state index in [9.17, 15) is 19.2 Å². The fourth-order valence-electron chi connectivity index (χ4n) is 4.09. The van der Waals surface area contributed by atoms with Gasteiger partial charge in [0, 0.05) is 17.4 Å². The number of rotatable bonds is 9. The van der Waals surface area contributed by atoms with Gasteiger partial charge >= 0.3 is 0 Å². The smallest absolute Gasteiger partial charge is 0.268 e. The van der Waals surface area contributed by atoms with Crippen LogP contribution in [0.4, 0.5) is 0 Å². The first kappa shape index (κ1) is 26.3. The number of hydrogen-bond donors (Lipinski definition) is 4. The molecule has 0 bridgehead atoms. The van der Waals surface area contributed by atoms with E-state index in [0.29, 0.717) is 25.1 Å². The number of nitrogens with zero attached hydrogens (tertiary/aromatic N) is 1. The Balaban J connectivity index is 1.75. The lowest BCUT2D eigenvalue weighted by Crippen LogP contribution is -2.57. The number of hydrazine groups is 1. The molecule has 1 aromatic heterocycles. The maximum absolute atomic E-state index is 13.2. The molecule has 0 saturated carbocycles. The van der Waals surface area contributed by atoms with Crippen LogP contribution < -0.4 is 20.8 Å². The minimum atomic E-state index is -0.915. The van der Waals surface area contributed by atoms with Crippen molar-refractivity contribution in [3.05, 3.63) is 30.0 Å². The van der Waals surface area contributed by atoms with Crippen molar-refractivity contribution < 1.29 is 23.9 Å².